The second-order valence-electron chi connectivity index (χ2n) is 8.87. The molecule has 2 amide bonds. The van der Waals surface area contributed by atoms with Crippen LogP contribution in [0.25, 0.3) is 0 Å². The van der Waals surface area contributed by atoms with Crippen LogP contribution < -0.4 is 0 Å². The van der Waals surface area contributed by atoms with E-state index in [9.17, 15) is 14.7 Å². The number of hydrogen-bond acceptors (Lipinski definition) is 3. The SMILES string of the molecule is CN(C(=O)OCc1ccccc1)[C@H]1C[C@@H]2CC[C@](C(C)(C)C)(C1)N2C(=O)O. The minimum atomic E-state index is -0.847. The van der Waals surface area contributed by atoms with Gasteiger partial charge in [-0.05, 0) is 36.7 Å². The van der Waals surface area contributed by atoms with Crippen molar-refractivity contribution in [3.05, 3.63) is 35.9 Å². The molecule has 0 radical (unpaired) electrons. The second kappa shape index (κ2) is 7.06. The van der Waals surface area contributed by atoms with Crippen LogP contribution in [0.4, 0.5) is 9.59 Å². The highest BCUT2D eigenvalue weighted by Crippen LogP contribution is 2.53. The van der Waals surface area contributed by atoms with Gasteiger partial charge in [0.25, 0.3) is 0 Å². The predicted molar refractivity (Wildman–Crippen MR) is 102 cm³/mol. The Morgan fingerprint density at radius 3 is 2.56 bits per heavy atom. The summed E-state index contributed by atoms with van der Waals surface area (Å²) in [5, 5.41) is 9.81. The van der Waals surface area contributed by atoms with Gasteiger partial charge in [-0.2, -0.15) is 0 Å². The van der Waals surface area contributed by atoms with Crippen molar-refractivity contribution < 1.29 is 19.4 Å². The van der Waals surface area contributed by atoms with Crippen LogP contribution in [0.3, 0.4) is 0 Å². The van der Waals surface area contributed by atoms with Gasteiger partial charge in [-0.3, -0.25) is 4.90 Å². The lowest BCUT2D eigenvalue weighted by Gasteiger charge is -2.54. The molecule has 27 heavy (non-hydrogen) atoms. The molecule has 2 heterocycles. The quantitative estimate of drug-likeness (QED) is 0.854. The van der Waals surface area contributed by atoms with E-state index in [1.54, 1.807) is 16.8 Å². The average Bonchev–Trinajstić information content (AvgIpc) is 2.88. The maximum Gasteiger partial charge on any atom is 0.410 e. The Balaban J connectivity index is 1.72. The van der Waals surface area contributed by atoms with Gasteiger partial charge in [-0.25, -0.2) is 9.59 Å². The molecule has 1 aromatic rings. The maximum absolute atomic E-state index is 12.6. The van der Waals surface area contributed by atoms with Crippen molar-refractivity contribution in [2.75, 3.05) is 7.05 Å². The summed E-state index contributed by atoms with van der Waals surface area (Å²) in [7, 11) is 1.77. The summed E-state index contributed by atoms with van der Waals surface area (Å²) in [4.78, 5) is 27.9. The zero-order valence-corrected chi connectivity index (χ0v) is 16.6. The lowest BCUT2D eigenvalue weighted by molar-refractivity contribution is -0.0409. The first kappa shape index (κ1) is 19.5. The van der Waals surface area contributed by atoms with Gasteiger partial charge in [0.2, 0.25) is 0 Å². The Morgan fingerprint density at radius 1 is 1.30 bits per heavy atom. The highest BCUT2D eigenvalue weighted by atomic mass is 16.6. The van der Waals surface area contributed by atoms with Crippen molar-refractivity contribution in [2.45, 2.75) is 70.7 Å². The monoisotopic (exact) mass is 374 g/mol. The van der Waals surface area contributed by atoms with E-state index in [0.29, 0.717) is 12.8 Å². The van der Waals surface area contributed by atoms with E-state index < -0.39 is 11.6 Å². The van der Waals surface area contributed by atoms with E-state index in [0.717, 1.165) is 18.4 Å². The fourth-order valence-electron chi connectivity index (χ4n) is 4.86. The molecule has 148 valence electrons. The minimum absolute atomic E-state index is 0.0180. The molecule has 0 aromatic heterocycles. The Hall–Kier alpha value is -2.24. The Morgan fingerprint density at radius 2 is 1.96 bits per heavy atom. The van der Waals surface area contributed by atoms with Gasteiger partial charge in [0.15, 0.2) is 0 Å². The lowest BCUT2D eigenvalue weighted by Crippen LogP contribution is -2.64. The number of nitrogens with zero attached hydrogens (tertiary/aromatic N) is 2. The molecule has 6 heteroatoms. The van der Waals surface area contributed by atoms with E-state index >= 15 is 0 Å². The molecule has 2 fully saturated rings. The number of carbonyl (C=O) groups excluding carboxylic acids is 1. The van der Waals surface area contributed by atoms with Crippen LogP contribution in [-0.2, 0) is 11.3 Å². The third-order valence-electron chi connectivity index (χ3n) is 6.48. The summed E-state index contributed by atoms with van der Waals surface area (Å²) in [6.07, 6.45) is 1.82. The van der Waals surface area contributed by atoms with Crippen molar-refractivity contribution in [1.29, 1.82) is 0 Å². The van der Waals surface area contributed by atoms with Gasteiger partial charge in [-0.15, -0.1) is 0 Å². The van der Waals surface area contributed by atoms with Gasteiger partial charge < -0.3 is 14.7 Å². The van der Waals surface area contributed by atoms with Gasteiger partial charge in [0.1, 0.15) is 6.61 Å². The van der Waals surface area contributed by atoms with Gasteiger partial charge in [0.05, 0.1) is 5.54 Å². The maximum atomic E-state index is 12.6. The number of carboxylic acid groups (broad SMARTS) is 1. The van der Waals surface area contributed by atoms with Crippen molar-refractivity contribution in [1.82, 2.24) is 9.80 Å². The van der Waals surface area contributed by atoms with Crippen LogP contribution >= 0.6 is 0 Å². The van der Waals surface area contributed by atoms with Crippen molar-refractivity contribution in [3.63, 3.8) is 0 Å². The van der Waals surface area contributed by atoms with Gasteiger partial charge in [-0.1, -0.05) is 51.1 Å². The molecule has 1 aromatic carbocycles. The summed E-state index contributed by atoms with van der Waals surface area (Å²) in [6, 6.07) is 9.55. The predicted octanol–water partition coefficient (Wildman–Crippen LogP) is 4.34. The first-order valence-electron chi connectivity index (χ1n) is 9.61. The van der Waals surface area contributed by atoms with E-state index in [4.69, 9.17) is 4.74 Å². The smallest absolute Gasteiger partial charge is 0.410 e. The fourth-order valence-corrected chi connectivity index (χ4v) is 4.86. The number of amides is 2. The molecule has 6 nitrogen and oxygen atoms in total. The van der Waals surface area contributed by atoms with Crippen LogP contribution in [0.2, 0.25) is 0 Å². The van der Waals surface area contributed by atoms with E-state index in [-0.39, 0.29) is 30.2 Å². The molecular weight excluding hydrogens is 344 g/mol. The number of fused-ring (bicyclic) bond motifs is 2. The molecule has 1 N–H and O–H groups in total. The summed E-state index contributed by atoms with van der Waals surface area (Å²) >= 11 is 0. The standard InChI is InChI=1S/C21H30N2O4/c1-20(2,3)21-11-10-16(23(21)18(24)25)12-17(13-21)22(4)19(26)27-14-15-8-6-5-7-9-15/h5-9,16-17H,10-14H2,1-4H3,(H,24,25)/t16-,17-,21+/m0/s1. The highest BCUT2D eigenvalue weighted by molar-refractivity contribution is 5.69. The molecule has 0 unspecified atom stereocenters. The van der Waals surface area contributed by atoms with Crippen LogP contribution in [-0.4, -0.2) is 51.8 Å². The molecular formula is C21H30N2O4. The van der Waals surface area contributed by atoms with Crippen LogP contribution in [0.5, 0.6) is 0 Å². The molecule has 3 rings (SSSR count). The van der Waals surface area contributed by atoms with E-state index in [1.807, 2.05) is 30.3 Å². The molecule has 2 aliphatic rings. The highest BCUT2D eigenvalue weighted by Gasteiger charge is 2.60. The Labute approximate surface area is 161 Å². The topological polar surface area (TPSA) is 70.1 Å². The molecule has 2 bridgehead atoms. The summed E-state index contributed by atoms with van der Waals surface area (Å²) < 4.78 is 5.48. The molecule has 0 saturated carbocycles. The molecule has 0 spiro atoms. The molecule has 0 aliphatic carbocycles. The van der Waals surface area contributed by atoms with Gasteiger partial charge >= 0.3 is 12.2 Å². The number of ether oxygens (including phenoxy) is 1. The average molecular weight is 374 g/mol. The van der Waals surface area contributed by atoms with Crippen molar-refractivity contribution in [3.8, 4) is 0 Å². The van der Waals surface area contributed by atoms with Crippen molar-refractivity contribution in [2.24, 2.45) is 5.41 Å². The summed E-state index contributed by atoms with van der Waals surface area (Å²) in [5.74, 6) is 0. The second-order valence-corrected chi connectivity index (χ2v) is 8.87. The summed E-state index contributed by atoms with van der Waals surface area (Å²) in [6.45, 7) is 6.54. The zero-order valence-electron chi connectivity index (χ0n) is 16.6. The number of rotatable bonds is 3. The largest absolute Gasteiger partial charge is 0.465 e. The molecule has 3 atom stereocenters. The molecule has 2 saturated heterocycles. The zero-order chi connectivity index (χ0) is 19.8. The van der Waals surface area contributed by atoms with E-state index in [1.165, 1.54) is 0 Å². The first-order chi connectivity index (χ1) is 12.7. The number of carbonyl (C=O) groups is 2. The first-order valence-corrected chi connectivity index (χ1v) is 9.61. The Kier molecular flexibility index (Phi) is 5.10. The third kappa shape index (κ3) is 3.49. The minimum Gasteiger partial charge on any atom is -0.465 e. The van der Waals surface area contributed by atoms with Gasteiger partial charge in [0, 0.05) is 19.1 Å². The number of hydrogen-bond donors (Lipinski definition) is 1. The van der Waals surface area contributed by atoms with Crippen molar-refractivity contribution >= 4 is 12.2 Å². The third-order valence-corrected chi connectivity index (χ3v) is 6.48. The fraction of sp³-hybridized carbons (Fsp3) is 0.619. The summed E-state index contributed by atoms with van der Waals surface area (Å²) in [5.41, 5.74) is 0.305. The van der Waals surface area contributed by atoms with Crippen LogP contribution in [0.15, 0.2) is 30.3 Å². The number of benzene rings is 1. The van der Waals surface area contributed by atoms with E-state index in [2.05, 4.69) is 20.8 Å². The molecule has 2 aliphatic heterocycles. The van der Waals surface area contributed by atoms with Crippen LogP contribution in [0.1, 0.15) is 52.0 Å². The Bertz CT molecular complexity index is 700. The van der Waals surface area contributed by atoms with Crippen LogP contribution in [0, 0.1) is 5.41 Å². The number of piperidine rings is 1. The normalized spacial score (nSPS) is 27.3. The lowest BCUT2D eigenvalue weighted by atomic mass is 9.67.